The predicted molar refractivity (Wildman–Crippen MR) is 78.2 cm³/mol. The van der Waals surface area contributed by atoms with Gasteiger partial charge in [-0.05, 0) is 31.9 Å². The first kappa shape index (κ1) is 14.9. The molecule has 0 radical (unpaired) electrons. The Morgan fingerprint density at radius 3 is 2.72 bits per heavy atom. The van der Waals surface area contributed by atoms with Gasteiger partial charge < -0.3 is 0 Å². The fourth-order valence-corrected chi connectivity index (χ4v) is 2.45. The summed E-state index contributed by atoms with van der Waals surface area (Å²) in [5.74, 6) is 0.00933. The van der Waals surface area contributed by atoms with E-state index >= 15 is 0 Å². The van der Waals surface area contributed by atoms with E-state index < -0.39 is 0 Å². The Morgan fingerprint density at radius 1 is 1.33 bits per heavy atom. The van der Waals surface area contributed by atoms with E-state index in [0.29, 0.717) is 6.42 Å². The largest absolute Gasteiger partial charge is 0.273 e. The van der Waals surface area contributed by atoms with Crippen LogP contribution in [0.2, 0.25) is 0 Å². The minimum Gasteiger partial charge on any atom is -0.273 e. The molecule has 0 bridgehead atoms. The summed E-state index contributed by atoms with van der Waals surface area (Å²) < 4.78 is 0. The number of amides is 1. The summed E-state index contributed by atoms with van der Waals surface area (Å²) in [4.78, 5) is 14.0. The first-order valence-electron chi connectivity index (χ1n) is 6.59. The van der Waals surface area contributed by atoms with Crippen LogP contribution in [0.15, 0.2) is 17.2 Å². The van der Waals surface area contributed by atoms with Gasteiger partial charge in [-0.3, -0.25) is 4.79 Å². The second-order valence-electron chi connectivity index (χ2n) is 4.31. The highest BCUT2D eigenvalue weighted by Gasteiger charge is 2.03. The van der Waals surface area contributed by atoms with Crippen LogP contribution in [0.1, 0.15) is 56.2 Å². The van der Waals surface area contributed by atoms with Crippen LogP contribution in [0.5, 0.6) is 0 Å². The zero-order valence-corrected chi connectivity index (χ0v) is 12.3. The second kappa shape index (κ2) is 8.03. The van der Waals surface area contributed by atoms with E-state index in [2.05, 4.69) is 36.5 Å². The summed E-state index contributed by atoms with van der Waals surface area (Å²) in [6, 6.07) is 4.17. The molecule has 1 aromatic heterocycles. The summed E-state index contributed by atoms with van der Waals surface area (Å²) >= 11 is 1.73. The molecule has 0 atom stereocenters. The summed E-state index contributed by atoms with van der Waals surface area (Å²) in [6.45, 7) is 6.19. The van der Waals surface area contributed by atoms with Gasteiger partial charge in [0.25, 0.3) is 0 Å². The van der Waals surface area contributed by atoms with E-state index in [1.165, 1.54) is 4.88 Å². The van der Waals surface area contributed by atoms with Crippen molar-refractivity contribution in [3.05, 3.63) is 21.9 Å². The fraction of sp³-hybridized carbons (Fsp3) is 0.571. The third kappa shape index (κ3) is 5.00. The highest BCUT2D eigenvalue weighted by atomic mass is 32.1. The van der Waals surface area contributed by atoms with Crippen LogP contribution in [0.4, 0.5) is 0 Å². The number of hydrogen-bond acceptors (Lipinski definition) is 3. The third-order valence-electron chi connectivity index (χ3n) is 2.72. The molecular formula is C14H22N2OS. The lowest BCUT2D eigenvalue weighted by molar-refractivity contribution is -0.121. The molecule has 1 aromatic rings. The maximum atomic E-state index is 11.5. The minimum atomic E-state index is 0.00933. The Morgan fingerprint density at radius 2 is 2.11 bits per heavy atom. The van der Waals surface area contributed by atoms with Crippen molar-refractivity contribution in [3.8, 4) is 0 Å². The highest BCUT2D eigenvalue weighted by Crippen LogP contribution is 2.17. The summed E-state index contributed by atoms with van der Waals surface area (Å²) in [6.07, 6.45) is 4.78. The van der Waals surface area contributed by atoms with E-state index in [1.807, 2.05) is 6.92 Å². The number of unbranched alkanes of at least 4 members (excludes halogenated alkanes) is 2. The average Bonchev–Trinajstić information content (AvgIpc) is 2.85. The van der Waals surface area contributed by atoms with Crippen molar-refractivity contribution < 1.29 is 4.79 Å². The summed E-state index contributed by atoms with van der Waals surface area (Å²) in [7, 11) is 0. The standard InChI is InChI=1S/C14H22N2OS/c1-4-6-7-8-14(17)16-15-11(3)13-10-9-12(5-2)18-13/h9-10H,4-8H2,1-3H3,(H,16,17)/b15-11-. The van der Waals surface area contributed by atoms with Crippen molar-refractivity contribution in [1.82, 2.24) is 5.43 Å². The van der Waals surface area contributed by atoms with Gasteiger partial charge in [-0.1, -0.05) is 26.7 Å². The molecule has 18 heavy (non-hydrogen) atoms. The molecule has 1 heterocycles. The lowest BCUT2D eigenvalue weighted by Crippen LogP contribution is -2.18. The number of nitrogens with one attached hydrogen (secondary N) is 1. The molecule has 0 aliphatic carbocycles. The number of rotatable bonds is 7. The van der Waals surface area contributed by atoms with Crippen LogP contribution < -0.4 is 5.43 Å². The number of nitrogens with zero attached hydrogens (tertiary/aromatic N) is 1. The monoisotopic (exact) mass is 266 g/mol. The maximum absolute atomic E-state index is 11.5. The molecule has 0 saturated heterocycles. The molecule has 1 amide bonds. The molecule has 0 fully saturated rings. The number of hydrogen-bond donors (Lipinski definition) is 1. The molecule has 0 aliphatic rings. The topological polar surface area (TPSA) is 41.5 Å². The number of carbonyl (C=O) groups excluding carboxylic acids is 1. The van der Waals surface area contributed by atoms with Gasteiger partial charge >= 0.3 is 0 Å². The van der Waals surface area contributed by atoms with E-state index in [9.17, 15) is 4.79 Å². The molecule has 0 aromatic carbocycles. The zero-order valence-electron chi connectivity index (χ0n) is 11.5. The van der Waals surface area contributed by atoms with Gasteiger partial charge in [-0.15, -0.1) is 11.3 Å². The van der Waals surface area contributed by atoms with E-state index in [1.54, 1.807) is 11.3 Å². The van der Waals surface area contributed by atoms with Crippen molar-refractivity contribution in [2.45, 2.75) is 52.9 Å². The normalized spacial score (nSPS) is 11.6. The lowest BCUT2D eigenvalue weighted by atomic mass is 10.2. The lowest BCUT2D eigenvalue weighted by Gasteiger charge is -2.00. The zero-order chi connectivity index (χ0) is 13.4. The summed E-state index contributed by atoms with van der Waals surface area (Å²) in [5, 5.41) is 4.15. The number of aryl methyl sites for hydroxylation is 1. The molecule has 0 spiro atoms. The van der Waals surface area contributed by atoms with Gasteiger partial charge in [0.2, 0.25) is 5.91 Å². The predicted octanol–water partition coefficient (Wildman–Crippen LogP) is 3.73. The van der Waals surface area contributed by atoms with E-state index in [-0.39, 0.29) is 5.91 Å². The third-order valence-corrected chi connectivity index (χ3v) is 4.06. The van der Waals surface area contributed by atoms with Gasteiger partial charge in [-0.2, -0.15) is 5.10 Å². The van der Waals surface area contributed by atoms with Crippen LogP contribution in [-0.2, 0) is 11.2 Å². The van der Waals surface area contributed by atoms with E-state index in [4.69, 9.17) is 0 Å². The van der Waals surface area contributed by atoms with Gasteiger partial charge in [0.1, 0.15) is 0 Å². The maximum Gasteiger partial charge on any atom is 0.240 e. The van der Waals surface area contributed by atoms with Crippen LogP contribution >= 0.6 is 11.3 Å². The Balaban J connectivity index is 2.43. The van der Waals surface area contributed by atoms with Gasteiger partial charge in [0.05, 0.1) is 10.6 Å². The first-order valence-corrected chi connectivity index (χ1v) is 7.41. The van der Waals surface area contributed by atoms with Gasteiger partial charge in [0, 0.05) is 11.3 Å². The number of carbonyl (C=O) groups is 1. The second-order valence-corrected chi connectivity index (χ2v) is 5.48. The van der Waals surface area contributed by atoms with Crippen molar-refractivity contribution in [3.63, 3.8) is 0 Å². The van der Waals surface area contributed by atoms with Crippen LogP contribution in [0.3, 0.4) is 0 Å². The summed E-state index contributed by atoms with van der Waals surface area (Å²) in [5.41, 5.74) is 3.50. The molecule has 0 saturated carbocycles. The smallest absolute Gasteiger partial charge is 0.240 e. The van der Waals surface area contributed by atoms with Crippen molar-refractivity contribution in [1.29, 1.82) is 0 Å². The fourth-order valence-electron chi connectivity index (χ4n) is 1.56. The van der Waals surface area contributed by atoms with Gasteiger partial charge in [-0.25, -0.2) is 5.43 Å². The van der Waals surface area contributed by atoms with Crippen LogP contribution in [-0.4, -0.2) is 11.6 Å². The number of hydrazone groups is 1. The number of thiophene rings is 1. The molecule has 0 unspecified atom stereocenters. The van der Waals surface area contributed by atoms with Crippen molar-refractivity contribution in [2.75, 3.05) is 0 Å². The van der Waals surface area contributed by atoms with Crippen LogP contribution in [0, 0.1) is 0 Å². The SMILES string of the molecule is CCCCCC(=O)N/N=C(/C)c1ccc(CC)s1. The first-order chi connectivity index (χ1) is 8.67. The van der Waals surface area contributed by atoms with Crippen LogP contribution in [0.25, 0.3) is 0 Å². The molecule has 1 rings (SSSR count). The van der Waals surface area contributed by atoms with Crippen molar-refractivity contribution in [2.24, 2.45) is 5.10 Å². The minimum absolute atomic E-state index is 0.00933. The quantitative estimate of drug-likeness (QED) is 0.456. The Hall–Kier alpha value is -1.16. The Labute approximate surface area is 113 Å². The molecule has 3 nitrogen and oxygen atoms in total. The highest BCUT2D eigenvalue weighted by molar-refractivity contribution is 7.14. The van der Waals surface area contributed by atoms with Gasteiger partial charge in [0.15, 0.2) is 0 Å². The molecule has 4 heteroatoms. The van der Waals surface area contributed by atoms with Crippen molar-refractivity contribution >= 4 is 23.0 Å². The molecule has 1 N–H and O–H groups in total. The Bertz CT molecular complexity index is 410. The molecule has 0 aliphatic heterocycles. The molecular weight excluding hydrogens is 244 g/mol. The van der Waals surface area contributed by atoms with E-state index in [0.717, 1.165) is 36.3 Å². The molecule has 100 valence electrons. The average molecular weight is 266 g/mol. The Kier molecular flexibility index (Phi) is 6.65.